The van der Waals surface area contributed by atoms with E-state index in [0.29, 0.717) is 18.7 Å². The van der Waals surface area contributed by atoms with Crippen molar-refractivity contribution < 1.29 is 19.1 Å². The molecule has 32 heavy (non-hydrogen) atoms. The minimum absolute atomic E-state index is 0.0148. The lowest BCUT2D eigenvalue weighted by atomic mass is 9.99. The van der Waals surface area contributed by atoms with Gasteiger partial charge in [0, 0.05) is 37.7 Å². The van der Waals surface area contributed by atoms with Gasteiger partial charge in [-0.2, -0.15) is 0 Å². The van der Waals surface area contributed by atoms with Crippen molar-refractivity contribution in [3.05, 3.63) is 59.7 Å². The lowest BCUT2D eigenvalue weighted by Gasteiger charge is -2.32. The Morgan fingerprint density at radius 1 is 0.906 bits per heavy atom. The molecule has 6 nitrogen and oxygen atoms in total. The molecular weight excluding hydrogens is 404 g/mol. The third-order valence-electron chi connectivity index (χ3n) is 6.20. The number of benzene rings is 2. The number of hydrogen-bond donors (Lipinski definition) is 0. The van der Waals surface area contributed by atoms with Gasteiger partial charge in [0.05, 0.1) is 6.61 Å². The molecule has 2 aromatic carbocycles. The normalized spacial score (nSPS) is 18.5. The zero-order valence-electron chi connectivity index (χ0n) is 18.8. The third-order valence-corrected chi connectivity index (χ3v) is 6.20. The number of nitrogens with zero attached hydrogens (tertiary/aromatic N) is 2. The van der Waals surface area contributed by atoms with Crippen LogP contribution in [0.2, 0.25) is 0 Å². The third kappa shape index (κ3) is 5.81. The minimum Gasteiger partial charge on any atom is -0.493 e. The van der Waals surface area contributed by atoms with E-state index < -0.39 is 0 Å². The quantitative estimate of drug-likeness (QED) is 0.660. The Hall–Kier alpha value is -3.02. The van der Waals surface area contributed by atoms with Gasteiger partial charge >= 0.3 is 0 Å². The molecule has 0 N–H and O–H groups in total. The van der Waals surface area contributed by atoms with E-state index in [4.69, 9.17) is 9.47 Å². The van der Waals surface area contributed by atoms with Crippen LogP contribution in [0, 0.1) is 12.8 Å². The van der Waals surface area contributed by atoms with Crippen molar-refractivity contribution in [3.63, 3.8) is 0 Å². The maximum atomic E-state index is 12.6. The SMILES string of the molecule is Cc1cccc(OCC(=O)N2CCC[C@@H](COc3ccc(C(=O)N4CCCC4)cc3)C2)c1. The molecule has 0 saturated carbocycles. The zero-order valence-corrected chi connectivity index (χ0v) is 18.8. The fourth-order valence-corrected chi connectivity index (χ4v) is 4.38. The van der Waals surface area contributed by atoms with Gasteiger partial charge in [0.2, 0.25) is 0 Å². The predicted octanol–water partition coefficient (Wildman–Crippen LogP) is 3.93. The summed E-state index contributed by atoms with van der Waals surface area (Å²) < 4.78 is 11.7. The summed E-state index contributed by atoms with van der Waals surface area (Å²) in [4.78, 5) is 28.9. The molecule has 2 fully saturated rings. The lowest BCUT2D eigenvalue weighted by molar-refractivity contribution is -0.135. The Morgan fingerprint density at radius 3 is 2.41 bits per heavy atom. The number of likely N-dealkylation sites (tertiary alicyclic amines) is 2. The van der Waals surface area contributed by atoms with Crippen molar-refractivity contribution in [1.29, 1.82) is 0 Å². The van der Waals surface area contributed by atoms with Gasteiger partial charge in [0.15, 0.2) is 6.61 Å². The van der Waals surface area contributed by atoms with Crippen LogP contribution in [0.25, 0.3) is 0 Å². The molecule has 2 aliphatic heterocycles. The topological polar surface area (TPSA) is 59.1 Å². The molecule has 0 spiro atoms. The Morgan fingerprint density at radius 2 is 1.66 bits per heavy atom. The number of amides is 2. The van der Waals surface area contributed by atoms with Crippen LogP contribution in [0.3, 0.4) is 0 Å². The molecule has 2 saturated heterocycles. The summed E-state index contributed by atoms with van der Waals surface area (Å²) >= 11 is 0. The second-order valence-corrected chi connectivity index (χ2v) is 8.79. The van der Waals surface area contributed by atoms with Gasteiger partial charge in [0.1, 0.15) is 11.5 Å². The van der Waals surface area contributed by atoms with Crippen LogP contribution in [-0.2, 0) is 4.79 Å². The zero-order chi connectivity index (χ0) is 22.3. The monoisotopic (exact) mass is 436 g/mol. The van der Waals surface area contributed by atoms with Crippen LogP contribution in [0.15, 0.2) is 48.5 Å². The van der Waals surface area contributed by atoms with Gasteiger partial charge in [-0.15, -0.1) is 0 Å². The van der Waals surface area contributed by atoms with Gasteiger partial charge in [-0.1, -0.05) is 12.1 Å². The highest BCUT2D eigenvalue weighted by Crippen LogP contribution is 2.21. The van der Waals surface area contributed by atoms with Crippen LogP contribution in [-0.4, -0.2) is 61.0 Å². The summed E-state index contributed by atoms with van der Waals surface area (Å²) in [5.74, 6) is 1.89. The smallest absolute Gasteiger partial charge is 0.260 e. The van der Waals surface area contributed by atoms with E-state index in [9.17, 15) is 9.59 Å². The van der Waals surface area contributed by atoms with Crippen molar-refractivity contribution in [3.8, 4) is 11.5 Å². The van der Waals surface area contributed by atoms with Crippen LogP contribution >= 0.6 is 0 Å². The second kappa shape index (κ2) is 10.5. The maximum Gasteiger partial charge on any atom is 0.260 e. The first kappa shape index (κ1) is 22.2. The standard InChI is InChI=1S/C26H32N2O4/c1-20-6-4-8-24(16-20)32-19-25(29)28-15-5-7-21(17-28)18-31-23-11-9-22(10-12-23)26(30)27-13-2-3-14-27/h4,6,8-12,16,21H,2-3,5,7,13-15,17-19H2,1H3/t21-/m1/s1. The second-order valence-electron chi connectivity index (χ2n) is 8.79. The van der Waals surface area contributed by atoms with E-state index in [-0.39, 0.29) is 24.3 Å². The summed E-state index contributed by atoms with van der Waals surface area (Å²) in [6.45, 7) is 5.77. The van der Waals surface area contributed by atoms with Crippen molar-refractivity contribution in [2.24, 2.45) is 5.92 Å². The number of carbonyl (C=O) groups is 2. The summed E-state index contributed by atoms with van der Waals surface area (Å²) in [5, 5.41) is 0. The summed E-state index contributed by atoms with van der Waals surface area (Å²) in [5.41, 5.74) is 1.82. The highest BCUT2D eigenvalue weighted by Gasteiger charge is 2.25. The molecule has 6 heteroatoms. The van der Waals surface area contributed by atoms with Crippen LogP contribution < -0.4 is 9.47 Å². The molecule has 2 amide bonds. The molecule has 2 aliphatic rings. The lowest BCUT2D eigenvalue weighted by Crippen LogP contribution is -2.43. The fourth-order valence-electron chi connectivity index (χ4n) is 4.38. The molecule has 0 aliphatic carbocycles. The Balaban J connectivity index is 1.23. The van der Waals surface area contributed by atoms with E-state index in [2.05, 4.69) is 0 Å². The molecule has 2 aromatic rings. The van der Waals surface area contributed by atoms with Crippen molar-refractivity contribution >= 4 is 11.8 Å². The maximum absolute atomic E-state index is 12.6. The first-order valence-electron chi connectivity index (χ1n) is 11.6. The Kier molecular flexibility index (Phi) is 7.30. The van der Waals surface area contributed by atoms with Crippen molar-refractivity contribution in [2.75, 3.05) is 39.4 Å². The van der Waals surface area contributed by atoms with E-state index in [1.807, 2.05) is 65.3 Å². The molecule has 0 unspecified atom stereocenters. The largest absolute Gasteiger partial charge is 0.493 e. The van der Waals surface area contributed by atoms with E-state index >= 15 is 0 Å². The van der Waals surface area contributed by atoms with E-state index in [0.717, 1.165) is 62.4 Å². The highest BCUT2D eigenvalue weighted by molar-refractivity contribution is 5.94. The van der Waals surface area contributed by atoms with Gasteiger partial charge in [0.25, 0.3) is 11.8 Å². The Labute approximate surface area is 190 Å². The van der Waals surface area contributed by atoms with Gasteiger partial charge in [-0.05, 0) is 74.6 Å². The molecule has 0 bridgehead atoms. The number of hydrogen-bond acceptors (Lipinski definition) is 4. The number of rotatable bonds is 7. The first-order chi connectivity index (χ1) is 15.6. The average molecular weight is 437 g/mol. The van der Waals surface area contributed by atoms with E-state index in [1.54, 1.807) is 0 Å². The number of aryl methyl sites for hydroxylation is 1. The van der Waals surface area contributed by atoms with Crippen molar-refractivity contribution in [2.45, 2.75) is 32.6 Å². The molecular formula is C26H32N2O4. The van der Waals surface area contributed by atoms with Crippen LogP contribution in [0.1, 0.15) is 41.6 Å². The van der Waals surface area contributed by atoms with Gasteiger partial charge < -0.3 is 19.3 Å². The summed E-state index contributed by atoms with van der Waals surface area (Å²) in [7, 11) is 0. The first-order valence-corrected chi connectivity index (χ1v) is 11.6. The molecule has 4 rings (SSSR count). The number of ether oxygens (including phenoxy) is 2. The number of carbonyl (C=O) groups excluding carboxylic acids is 2. The molecule has 170 valence electrons. The summed E-state index contributed by atoms with van der Waals surface area (Å²) in [6.07, 6.45) is 4.18. The predicted molar refractivity (Wildman–Crippen MR) is 123 cm³/mol. The highest BCUT2D eigenvalue weighted by atomic mass is 16.5. The average Bonchev–Trinajstić information content (AvgIpc) is 3.36. The summed E-state index contributed by atoms with van der Waals surface area (Å²) in [6, 6.07) is 15.2. The Bertz CT molecular complexity index is 922. The minimum atomic E-state index is 0.0148. The van der Waals surface area contributed by atoms with Crippen LogP contribution in [0.5, 0.6) is 11.5 Å². The molecule has 0 radical (unpaired) electrons. The molecule has 2 heterocycles. The fraction of sp³-hybridized carbons (Fsp3) is 0.462. The molecule has 0 aromatic heterocycles. The number of piperidine rings is 1. The van der Waals surface area contributed by atoms with E-state index in [1.165, 1.54) is 0 Å². The molecule has 1 atom stereocenters. The van der Waals surface area contributed by atoms with Crippen LogP contribution in [0.4, 0.5) is 0 Å². The van der Waals surface area contributed by atoms with Gasteiger partial charge in [-0.25, -0.2) is 0 Å². The van der Waals surface area contributed by atoms with Gasteiger partial charge in [-0.3, -0.25) is 9.59 Å². The van der Waals surface area contributed by atoms with Crippen molar-refractivity contribution in [1.82, 2.24) is 9.80 Å².